The summed E-state index contributed by atoms with van der Waals surface area (Å²) in [5.74, 6) is 0. The van der Waals surface area contributed by atoms with Crippen LogP contribution in [-0.4, -0.2) is 14.5 Å². The van der Waals surface area contributed by atoms with Gasteiger partial charge in [0.15, 0.2) is 0 Å². The van der Waals surface area contributed by atoms with Gasteiger partial charge in [0.2, 0.25) is 0 Å². The third-order valence-corrected chi connectivity index (χ3v) is 3.49. The smallest absolute Gasteiger partial charge is 0.267 e. The first kappa shape index (κ1) is 10.7. The molecule has 0 radical (unpaired) electrons. The fourth-order valence-corrected chi connectivity index (χ4v) is 2.45. The van der Waals surface area contributed by atoms with Gasteiger partial charge in [-0.25, -0.2) is 9.97 Å². The summed E-state index contributed by atoms with van der Waals surface area (Å²) in [6, 6.07) is 0. The van der Waals surface area contributed by atoms with Gasteiger partial charge in [-0.1, -0.05) is 0 Å². The van der Waals surface area contributed by atoms with Crippen LogP contribution >= 0.6 is 33.9 Å². The normalized spacial score (nSPS) is 10.5. The minimum Gasteiger partial charge on any atom is -0.293 e. The van der Waals surface area contributed by atoms with Crippen molar-refractivity contribution in [3.05, 3.63) is 42.5 Å². The van der Waals surface area contributed by atoms with Crippen molar-refractivity contribution in [2.45, 2.75) is 13.5 Å². The van der Waals surface area contributed by atoms with Gasteiger partial charge in [-0.05, 0) is 29.5 Å². The van der Waals surface area contributed by atoms with Crippen molar-refractivity contribution in [2.75, 3.05) is 0 Å². The summed E-state index contributed by atoms with van der Waals surface area (Å²) >= 11 is 3.59. The average Bonchev–Trinajstić information content (AvgIpc) is 2.59. The molecule has 2 rings (SSSR count). The third-order valence-electron chi connectivity index (χ3n) is 1.85. The van der Waals surface area contributed by atoms with Crippen LogP contribution in [0.2, 0.25) is 0 Å². The molecule has 0 saturated heterocycles. The van der Waals surface area contributed by atoms with E-state index in [9.17, 15) is 4.79 Å². The van der Waals surface area contributed by atoms with Gasteiger partial charge in [-0.15, -0.1) is 11.3 Å². The maximum Gasteiger partial charge on any atom is 0.267 e. The molecule has 0 amide bonds. The Labute approximate surface area is 104 Å². The number of nitrogens with zero attached hydrogens (tertiary/aromatic N) is 3. The van der Waals surface area contributed by atoms with Gasteiger partial charge in [0.05, 0.1) is 21.4 Å². The van der Waals surface area contributed by atoms with Crippen LogP contribution in [0, 0.1) is 10.5 Å². The van der Waals surface area contributed by atoms with E-state index in [-0.39, 0.29) is 5.56 Å². The van der Waals surface area contributed by atoms with E-state index in [4.69, 9.17) is 0 Å². The highest BCUT2D eigenvalue weighted by Gasteiger charge is 2.03. The lowest BCUT2D eigenvalue weighted by Gasteiger charge is -2.01. The van der Waals surface area contributed by atoms with Gasteiger partial charge in [0.1, 0.15) is 0 Å². The molecule has 0 aromatic carbocycles. The van der Waals surface area contributed by atoms with Gasteiger partial charge in [-0.3, -0.25) is 9.36 Å². The Bertz CT molecular complexity index is 534. The fourth-order valence-electron chi connectivity index (χ4n) is 1.18. The molecular weight excluding hydrogens is 325 g/mol. The lowest BCUT2D eigenvalue weighted by Crippen LogP contribution is -2.22. The second kappa shape index (κ2) is 4.40. The fraction of sp³-hybridized carbons (Fsp3) is 0.222. The largest absolute Gasteiger partial charge is 0.293 e. The molecule has 0 spiro atoms. The van der Waals surface area contributed by atoms with Gasteiger partial charge < -0.3 is 0 Å². The third kappa shape index (κ3) is 2.43. The van der Waals surface area contributed by atoms with E-state index >= 15 is 0 Å². The van der Waals surface area contributed by atoms with Crippen molar-refractivity contribution in [3.8, 4) is 0 Å². The van der Waals surface area contributed by atoms with E-state index in [1.807, 2.05) is 29.5 Å². The second-order valence-electron chi connectivity index (χ2n) is 3.02. The zero-order valence-corrected chi connectivity index (χ0v) is 10.9. The molecule has 6 heteroatoms. The van der Waals surface area contributed by atoms with Crippen LogP contribution in [0.3, 0.4) is 0 Å². The lowest BCUT2D eigenvalue weighted by atomic mass is 10.5. The molecule has 15 heavy (non-hydrogen) atoms. The van der Waals surface area contributed by atoms with Crippen LogP contribution in [0.1, 0.15) is 9.88 Å². The zero-order valence-electron chi connectivity index (χ0n) is 7.98. The average molecular weight is 333 g/mol. The zero-order chi connectivity index (χ0) is 10.8. The highest BCUT2D eigenvalue weighted by Crippen LogP contribution is 2.12. The van der Waals surface area contributed by atoms with Crippen LogP contribution in [0.25, 0.3) is 0 Å². The molecule has 2 heterocycles. The van der Waals surface area contributed by atoms with Crippen LogP contribution in [0.15, 0.2) is 23.5 Å². The molecule has 0 fully saturated rings. The molecule has 0 saturated carbocycles. The summed E-state index contributed by atoms with van der Waals surface area (Å²) in [5.41, 5.74) is -0.00310. The number of hydrogen-bond donors (Lipinski definition) is 0. The summed E-state index contributed by atoms with van der Waals surface area (Å²) in [6.45, 7) is 2.50. The van der Waals surface area contributed by atoms with Crippen molar-refractivity contribution in [3.63, 3.8) is 0 Å². The van der Waals surface area contributed by atoms with Gasteiger partial charge in [0, 0.05) is 17.3 Å². The van der Waals surface area contributed by atoms with Gasteiger partial charge in [0.25, 0.3) is 5.56 Å². The Morgan fingerprint density at radius 1 is 1.53 bits per heavy atom. The maximum atomic E-state index is 11.7. The Hall–Kier alpha value is -0.760. The van der Waals surface area contributed by atoms with Crippen molar-refractivity contribution < 1.29 is 0 Å². The highest BCUT2D eigenvalue weighted by atomic mass is 127. The molecule has 0 aliphatic carbocycles. The summed E-state index contributed by atoms with van der Waals surface area (Å²) in [6.07, 6.45) is 4.92. The molecule has 2 aromatic rings. The topological polar surface area (TPSA) is 47.8 Å². The van der Waals surface area contributed by atoms with Gasteiger partial charge in [-0.2, -0.15) is 0 Å². The maximum absolute atomic E-state index is 11.7. The molecule has 0 bridgehead atoms. The molecular formula is C9H8IN3OS. The number of thiazole rings is 1. The van der Waals surface area contributed by atoms with Crippen molar-refractivity contribution >= 4 is 33.9 Å². The van der Waals surface area contributed by atoms with E-state index in [0.717, 1.165) is 9.88 Å². The van der Waals surface area contributed by atoms with E-state index in [1.165, 1.54) is 0 Å². The second-order valence-corrected chi connectivity index (χ2v) is 5.50. The molecule has 0 aliphatic rings. The minimum absolute atomic E-state index is 0.00310. The van der Waals surface area contributed by atoms with E-state index < -0.39 is 0 Å². The van der Waals surface area contributed by atoms with E-state index in [1.54, 1.807) is 34.6 Å². The van der Waals surface area contributed by atoms with Crippen LogP contribution in [0.5, 0.6) is 0 Å². The number of hydrogen-bond acceptors (Lipinski definition) is 4. The summed E-state index contributed by atoms with van der Waals surface area (Å²) in [7, 11) is 0. The first-order chi connectivity index (χ1) is 7.16. The number of aromatic nitrogens is 3. The van der Waals surface area contributed by atoms with Crippen LogP contribution < -0.4 is 5.56 Å². The molecule has 2 aromatic heterocycles. The first-order valence-electron chi connectivity index (χ1n) is 4.28. The van der Waals surface area contributed by atoms with Crippen molar-refractivity contribution in [1.29, 1.82) is 0 Å². The SMILES string of the molecule is Cc1ncc(Cn2cncc(I)c2=O)s1. The molecule has 0 N–H and O–H groups in total. The molecule has 0 unspecified atom stereocenters. The van der Waals surface area contributed by atoms with E-state index in [0.29, 0.717) is 10.1 Å². The van der Waals surface area contributed by atoms with E-state index in [2.05, 4.69) is 9.97 Å². The Balaban J connectivity index is 2.32. The summed E-state index contributed by atoms with van der Waals surface area (Å²) < 4.78 is 2.23. The Morgan fingerprint density at radius 3 is 3.00 bits per heavy atom. The minimum atomic E-state index is -0.00310. The Morgan fingerprint density at radius 2 is 2.33 bits per heavy atom. The lowest BCUT2D eigenvalue weighted by molar-refractivity contribution is 0.738. The number of rotatable bonds is 2. The molecule has 78 valence electrons. The predicted octanol–water partition coefficient (Wildman–Crippen LogP) is 1.66. The monoisotopic (exact) mass is 333 g/mol. The van der Waals surface area contributed by atoms with Crippen molar-refractivity contribution in [1.82, 2.24) is 14.5 Å². The summed E-state index contributed by atoms with van der Waals surface area (Å²) in [4.78, 5) is 20.9. The quantitative estimate of drug-likeness (QED) is 0.786. The highest BCUT2D eigenvalue weighted by molar-refractivity contribution is 14.1. The molecule has 4 nitrogen and oxygen atoms in total. The summed E-state index contributed by atoms with van der Waals surface area (Å²) in [5, 5.41) is 1.01. The predicted molar refractivity (Wildman–Crippen MR) is 67.2 cm³/mol. The van der Waals surface area contributed by atoms with Crippen molar-refractivity contribution in [2.24, 2.45) is 0 Å². The Kier molecular flexibility index (Phi) is 3.15. The standard InChI is InChI=1S/C9H8IN3OS/c1-6-12-2-7(15-6)4-13-5-11-3-8(10)9(13)14/h2-3,5H,4H2,1H3. The first-order valence-corrected chi connectivity index (χ1v) is 6.17. The number of halogens is 1. The van der Waals surface area contributed by atoms with Crippen LogP contribution in [0.4, 0.5) is 0 Å². The van der Waals surface area contributed by atoms with Gasteiger partial charge >= 0.3 is 0 Å². The number of aryl methyl sites for hydroxylation is 1. The van der Waals surface area contributed by atoms with Crippen LogP contribution in [-0.2, 0) is 6.54 Å². The molecule has 0 atom stereocenters. The molecule has 0 aliphatic heterocycles.